The zero-order valence-electron chi connectivity index (χ0n) is 20.0. The summed E-state index contributed by atoms with van der Waals surface area (Å²) in [4.78, 5) is 34.0. The molecule has 0 saturated heterocycles. The van der Waals surface area contributed by atoms with E-state index in [2.05, 4.69) is 42.1 Å². The van der Waals surface area contributed by atoms with Gasteiger partial charge in [-0.25, -0.2) is 33.7 Å². The summed E-state index contributed by atoms with van der Waals surface area (Å²) >= 11 is 6.27. The van der Waals surface area contributed by atoms with Crippen LogP contribution in [0.5, 0.6) is 0 Å². The minimum Gasteiger partial charge on any atom is -0.382 e. The van der Waals surface area contributed by atoms with Crippen molar-refractivity contribution in [2.75, 3.05) is 23.3 Å². The predicted octanol–water partition coefficient (Wildman–Crippen LogP) is 3.12. The number of fused-ring (bicyclic) bond motifs is 1. The molecule has 0 fully saturated rings. The van der Waals surface area contributed by atoms with Crippen LogP contribution in [0.1, 0.15) is 17.0 Å². The fourth-order valence-corrected chi connectivity index (χ4v) is 4.07. The first-order valence-corrected chi connectivity index (χ1v) is 11.8. The Kier molecular flexibility index (Phi) is 6.98. The van der Waals surface area contributed by atoms with Gasteiger partial charge in [0.05, 0.1) is 27.2 Å². The summed E-state index contributed by atoms with van der Waals surface area (Å²) in [6.07, 6.45) is 4.36. The van der Waals surface area contributed by atoms with Crippen LogP contribution in [0.15, 0.2) is 59.9 Å². The van der Waals surface area contributed by atoms with E-state index in [0.717, 1.165) is 22.8 Å². The lowest BCUT2D eigenvalue weighted by Gasteiger charge is -2.15. The average molecular weight is 546 g/mol. The van der Waals surface area contributed by atoms with Gasteiger partial charge in [-0.15, -0.1) is 0 Å². The van der Waals surface area contributed by atoms with Gasteiger partial charge in [0.15, 0.2) is 0 Å². The minimum absolute atomic E-state index is 0.0228. The molecule has 0 aliphatic heterocycles. The second kappa shape index (κ2) is 10.7. The molecular weight excluding hydrogens is 528 g/mol. The highest BCUT2D eigenvalue weighted by Crippen LogP contribution is 2.22. The van der Waals surface area contributed by atoms with Crippen molar-refractivity contribution >= 4 is 40.1 Å². The fraction of sp³-hybridized carbons (Fsp3) is 0.0769. The predicted molar refractivity (Wildman–Crippen MR) is 143 cm³/mol. The molecule has 0 amide bonds. The van der Waals surface area contributed by atoms with E-state index in [1.807, 2.05) is 0 Å². The van der Waals surface area contributed by atoms with Crippen LogP contribution in [0.25, 0.3) is 16.6 Å². The van der Waals surface area contributed by atoms with Crippen molar-refractivity contribution < 1.29 is 8.78 Å². The molecule has 10 nitrogen and oxygen atoms in total. The topological polar surface area (TPSA) is 151 Å². The Morgan fingerprint density at radius 2 is 1.74 bits per heavy atom. The molecule has 3 heterocycles. The van der Waals surface area contributed by atoms with Crippen LogP contribution in [-0.2, 0) is 6.42 Å². The van der Waals surface area contributed by atoms with E-state index in [-0.39, 0.29) is 46.7 Å². The quantitative estimate of drug-likeness (QED) is 0.283. The summed E-state index contributed by atoms with van der Waals surface area (Å²) in [7, 11) is 0. The number of aromatic nitrogens is 6. The lowest BCUT2D eigenvalue weighted by molar-refractivity contribution is 0.580. The molecule has 5 aromatic rings. The summed E-state index contributed by atoms with van der Waals surface area (Å²) in [5.41, 5.74) is 12.1. The van der Waals surface area contributed by atoms with Gasteiger partial charge in [0.2, 0.25) is 5.95 Å². The molecule has 0 atom stereocenters. The summed E-state index contributed by atoms with van der Waals surface area (Å²) < 4.78 is 29.3. The Morgan fingerprint density at radius 3 is 2.49 bits per heavy atom. The van der Waals surface area contributed by atoms with Crippen LogP contribution in [0.4, 0.5) is 26.4 Å². The number of rotatable bonds is 5. The van der Waals surface area contributed by atoms with Gasteiger partial charge in [0.25, 0.3) is 5.56 Å². The first kappa shape index (κ1) is 25.5. The van der Waals surface area contributed by atoms with Gasteiger partial charge in [-0.1, -0.05) is 29.5 Å². The van der Waals surface area contributed by atoms with Crippen molar-refractivity contribution in [1.82, 2.24) is 29.5 Å². The number of halogens is 3. The molecule has 5 N–H and O–H groups in total. The molecule has 0 bridgehead atoms. The first-order valence-electron chi connectivity index (χ1n) is 11.4. The van der Waals surface area contributed by atoms with Crippen LogP contribution in [0, 0.1) is 23.5 Å². The number of nitrogens with one attached hydrogen (secondary N) is 1. The van der Waals surface area contributed by atoms with E-state index in [9.17, 15) is 13.6 Å². The third kappa shape index (κ3) is 5.43. The molecule has 2 aromatic carbocycles. The molecule has 194 valence electrons. The van der Waals surface area contributed by atoms with Gasteiger partial charge in [0.1, 0.15) is 41.0 Å². The molecule has 0 aliphatic carbocycles. The van der Waals surface area contributed by atoms with Crippen LogP contribution >= 0.6 is 11.6 Å². The van der Waals surface area contributed by atoms with Gasteiger partial charge in [-0.3, -0.25) is 9.36 Å². The van der Waals surface area contributed by atoms with E-state index >= 15 is 0 Å². The average Bonchev–Trinajstić information content (AvgIpc) is 2.88. The Balaban J connectivity index is 1.49. The maximum Gasteiger partial charge on any atom is 0.267 e. The maximum absolute atomic E-state index is 14.1. The second-order valence-corrected chi connectivity index (χ2v) is 8.58. The van der Waals surface area contributed by atoms with E-state index in [4.69, 9.17) is 23.1 Å². The lowest BCUT2D eigenvalue weighted by Crippen LogP contribution is -2.26. The van der Waals surface area contributed by atoms with E-state index in [1.54, 1.807) is 18.2 Å². The van der Waals surface area contributed by atoms with Crippen LogP contribution in [0.3, 0.4) is 0 Å². The van der Waals surface area contributed by atoms with Crippen molar-refractivity contribution in [2.24, 2.45) is 0 Å². The van der Waals surface area contributed by atoms with Gasteiger partial charge in [-0.05, 0) is 24.3 Å². The Labute approximate surface area is 224 Å². The molecule has 5 rings (SSSR count). The normalized spacial score (nSPS) is 10.7. The molecule has 3 aromatic heterocycles. The molecule has 0 saturated carbocycles. The molecule has 39 heavy (non-hydrogen) atoms. The minimum atomic E-state index is -0.841. The van der Waals surface area contributed by atoms with Crippen molar-refractivity contribution in [3.63, 3.8) is 0 Å². The van der Waals surface area contributed by atoms with Crippen molar-refractivity contribution in [3.05, 3.63) is 99.1 Å². The number of hydrogen-bond acceptors (Lipinski definition) is 9. The number of benzene rings is 2. The van der Waals surface area contributed by atoms with E-state index in [0.29, 0.717) is 22.5 Å². The molecule has 0 aliphatic rings. The SMILES string of the molecule is Nc1ncc(C#Cc2c(N)ncnc2NCCc2nc3cccc(Cl)c3c(=O)n2-c2cc(F)cc(F)c2)cn1. The van der Waals surface area contributed by atoms with Crippen molar-refractivity contribution in [1.29, 1.82) is 0 Å². The van der Waals surface area contributed by atoms with Crippen molar-refractivity contribution in [3.8, 4) is 17.5 Å². The number of nitrogens with two attached hydrogens (primary N) is 2. The third-order valence-electron chi connectivity index (χ3n) is 5.54. The Bertz CT molecular complexity index is 1810. The number of hydrogen-bond donors (Lipinski definition) is 3. The second-order valence-electron chi connectivity index (χ2n) is 8.17. The number of anilines is 3. The summed E-state index contributed by atoms with van der Waals surface area (Å²) in [6.45, 7) is 0.201. The number of nitrogens with zero attached hydrogens (tertiary/aromatic N) is 6. The zero-order valence-corrected chi connectivity index (χ0v) is 20.7. The van der Waals surface area contributed by atoms with Gasteiger partial charge in [0, 0.05) is 31.4 Å². The van der Waals surface area contributed by atoms with Gasteiger partial charge in [-0.2, -0.15) is 0 Å². The summed E-state index contributed by atoms with van der Waals surface area (Å²) in [5, 5.41) is 3.42. The maximum atomic E-state index is 14.1. The van der Waals surface area contributed by atoms with Crippen LogP contribution < -0.4 is 22.3 Å². The fourth-order valence-electron chi connectivity index (χ4n) is 3.82. The number of nitrogen functional groups attached to an aromatic ring is 2. The highest BCUT2D eigenvalue weighted by Gasteiger charge is 2.17. The first-order chi connectivity index (χ1) is 18.8. The van der Waals surface area contributed by atoms with Gasteiger partial charge < -0.3 is 16.8 Å². The zero-order chi connectivity index (χ0) is 27.5. The largest absolute Gasteiger partial charge is 0.382 e. The third-order valence-corrected chi connectivity index (χ3v) is 5.86. The lowest BCUT2D eigenvalue weighted by atomic mass is 10.2. The standard InChI is InChI=1S/C26H18ClF2N9O/c27-19-2-1-3-20-22(19)25(39)38(17-9-15(28)8-16(29)10-17)21(37-20)6-7-32-24-18(23(30)35-13-36-24)5-4-14-11-33-26(31)34-12-14/h1-3,8-13H,6-7H2,(H2,31,33,34)(H3,30,32,35,36). The molecule has 0 unspecified atom stereocenters. The van der Waals surface area contributed by atoms with Crippen LogP contribution in [0.2, 0.25) is 5.02 Å². The molecular formula is C26H18ClF2N9O. The molecule has 0 spiro atoms. The summed E-state index contributed by atoms with van der Waals surface area (Å²) in [6, 6.07) is 7.65. The van der Waals surface area contributed by atoms with E-state index < -0.39 is 17.2 Å². The monoisotopic (exact) mass is 545 g/mol. The molecule has 0 radical (unpaired) electrons. The summed E-state index contributed by atoms with van der Waals surface area (Å²) in [5.74, 6) is 4.93. The Morgan fingerprint density at radius 1 is 1.00 bits per heavy atom. The smallest absolute Gasteiger partial charge is 0.267 e. The van der Waals surface area contributed by atoms with E-state index in [1.165, 1.54) is 18.7 Å². The van der Waals surface area contributed by atoms with Crippen LogP contribution in [-0.4, -0.2) is 36.0 Å². The highest BCUT2D eigenvalue weighted by atomic mass is 35.5. The molecule has 13 heteroatoms. The van der Waals surface area contributed by atoms with Gasteiger partial charge >= 0.3 is 0 Å². The highest BCUT2D eigenvalue weighted by molar-refractivity contribution is 6.35. The van der Waals surface area contributed by atoms with Crippen molar-refractivity contribution in [2.45, 2.75) is 6.42 Å². The Hall–Kier alpha value is -5.15.